The summed E-state index contributed by atoms with van der Waals surface area (Å²) in [4.78, 5) is 54.0. The molecule has 0 fully saturated rings. The summed E-state index contributed by atoms with van der Waals surface area (Å²) in [5.74, 6) is -2.17. The third kappa shape index (κ3) is 12.6. The van der Waals surface area contributed by atoms with Gasteiger partial charge in [-0.25, -0.2) is 9.59 Å². The molecule has 0 radical (unpaired) electrons. The third-order valence-electron chi connectivity index (χ3n) is 7.27. The molecular formula is C37H43N3O7. The second-order valence-corrected chi connectivity index (χ2v) is 10.8. The molecule has 0 saturated heterocycles. The number of carbonyl (C=O) groups is 4. The van der Waals surface area contributed by atoms with Crippen LogP contribution in [-0.4, -0.2) is 59.6 Å². The van der Waals surface area contributed by atoms with Crippen molar-refractivity contribution >= 4 is 23.9 Å². The van der Waals surface area contributed by atoms with Crippen molar-refractivity contribution in [1.29, 1.82) is 0 Å². The van der Waals surface area contributed by atoms with Crippen molar-refractivity contribution in [2.45, 2.75) is 44.6 Å². The highest BCUT2D eigenvalue weighted by Crippen LogP contribution is 2.20. The van der Waals surface area contributed by atoms with E-state index in [1.807, 2.05) is 66.7 Å². The molecule has 3 rings (SSSR count). The Kier molecular flexibility index (Phi) is 15.4. The molecule has 0 aromatic heterocycles. The number of aliphatic hydroxyl groups is 1. The molecule has 3 atom stereocenters. The number of nitrogens with one attached hydrogen (secondary N) is 2. The van der Waals surface area contributed by atoms with Gasteiger partial charge in [-0.2, -0.15) is 0 Å². The summed E-state index contributed by atoms with van der Waals surface area (Å²) in [5, 5.41) is 14.9. The number of allylic oxidation sites excluding steroid dienone is 1. The van der Waals surface area contributed by atoms with E-state index in [1.54, 1.807) is 30.3 Å². The second-order valence-electron chi connectivity index (χ2n) is 10.8. The van der Waals surface area contributed by atoms with E-state index in [0.717, 1.165) is 11.1 Å². The molecular weight excluding hydrogens is 598 g/mol. The van der Waals surface area contributed by atoms with E-state index < -0.39 is 36.0 Å². The lowest BCUT2D eigenvalue weighted by molar-refractivity contribution is -0.152. The summed E-state index contributed by atoms with van der Waals surface area (Å²) in [7, 11) is 0. The molecule has 0 aliphatic carbocycles. The Morgan fingerprint density at radius 1 is 0.830 bits per heavy atom. The van der Waals surface area contributed by atoms with Gasteiger partial charge >= 0.3 is 12.1 Å². The van der Waals surface area contributed by atoms with Crippen LogP contribution in [0.3, 0.4) is 0 Å². The number of rotatable bonds is 19. The molecule has 0 bridgehead atoms. The monoisotopic (exact) mass is 641 g/mol. The molecule has 0 spiro atoms. The summed E-state index contributed by atoms with van der Waals surface area (Å²) >= 11 is 0. The van der Waals surface area contributed by atoms with Gasteiger partial charge in [-0.15, -0.1) is 13.2 Å². The Balaban J connectivity index is 1.66. The maximum Gasteiger partial charge on any atom is 0.408 e. The number of hydrogen-bond donors (Lipinski definition) is 3. The molecule has 10 heteroatoms. The molecule has 0 saturated carbocycles. The van der Waals surface area contributed by atoms with E-state index in [1.165, 1.54) is 11.0 Å². The quantitative estimate of drug-likeness (QED) is 0.126. The fourth-order valence-corrected chi connectivity index (χ4v) is 4.78. The van der Waals surface area contributed by atoms with Gasteiger partial charge in [0.1, 0.15) is 18.8 Å². The molecule has 0 heterocycles. The van der Waals surface area contributed by atoms with Gasteiger partial charge in [-0.1, -0.05) is 103 Å². The van der Waals surface area contributed by atoms with Gasteiger partial charge in [-0.3, -0.25) is 9.59 Å². The number of amides is 3. The molecule has 3 amide bonds. The lowest BCUT2D eigenvalue weighted by Gasteiger charge is -2.25. The summed E-state index contributed by atoms with van der Waals surface area (Å²) < 4.78 is 11.1. The van der Waals surface area contributed by atoms with E-state index in [2.05, 4.69) is 23.8 Å². The highest BCUT2D eigenvalue weighted by Gasteiger charge is 2.28. The minimum Gasteiger partial charge on any atom is -0.454 e. The van der Waals surface area contributed by atoms with Crippen molar-refractivity contribution < 1.29 is 33.8 Å². The molecule has 3 aromatic carbocycles. The summed E-state index contributed by atoms with van der Waals surface area (Å²) in [6, 6.07) is 26.3. The second kappa shape index (κ2) is 20.0. The van der Waals surface area contributed by atoms with E-state index in [9.17, 15) is 24.3 Å². The summed E-state index contributed by atoms with van der Waals surface area (Å²) in [5.41, 5.74) is 2.32. The van der Waals surface area contributed by atoms with Gasteiger partial charge in [0.2, 0.25) is 11.8 Å². The highest BCUT2D eigenvalue weighted by molar-refractivity contribution is 5.86. The standard InChI is InChI=1S/C37H43N3O7/c1-3-14-31(24-34(42)40(22-23-41)26-28-16-8-5-9-17-28)35(43)38-25-33(30-20-12-7-13-21-30)47-36(44)32(15-4-2)39-37(45)46-27-29-18-10-6-11-19-29/h3-13,16-21,31-33,41H,1-2,14-15,22-27H2,(H,38,43)(H,39,45)/t31-,32+,33+/m0/s1. The number of esters is 1. The van der Waals surface area contributed by atoms with E-state index in [4.69, 9.17) is 9.47 Å². The fraction of sp³-hybridized carbons (Fsp3) is 0.297. The normalized spacial score (nSPS) is 12.4. The number of aliphatic hydroxyl groups excluding tert-OH is 1. The van der Waals surface area contributed by atoms with Crippen LogP contribution in [0.5, 0.6) is 0 Å². The van der Waals surface area contributed by atoms with Gasteiger partial charge in [-0.05, 0) is 29.5 Å². The maximum atomic E-state index is 13.4. The molecule has 3 N–H and O–H groups in total. The summed E-state index contributed by atoms with van der Waals surface area (Å²) in [6.45, 7) is 7.58. The van der Waals surface area contributed by atoms with Crippen molar-refractivity contribution in [3.05, 3.63) is 133 Å². The predicted molar refractivity (Wildman–Crippen MR) is 179 cm³/mol. The van der Waals surface area contributed by atoms with Crippen LogP contribution < -0.4 is 10.6 Å². The van der Waals surface area contributed by atoms with Gasteiger partial charge in [0, 0.05) is 19.5 Å². The van der Waals surface area contributed by atoms with Gasteiger partial charge < -0.3 is 30.1 Å². The van der Waals surface area contributed by atoms with E-state index in [-0.39, 0.29) is 51.5 Å². The van der Waals surface area contributed by atoms with E-state index in [0.29, 0.717) is 12.1 Å². The Morgan fingerprint density at radius 3 is 2.02 bits per heavy atom. The first-order chi connectivity index (χ1) is 22.8. The molecule has 248 valence electrons. The van der Waals surface area contributed by atoms with Crippen LogP contribution in [0, 0.1) is 5.92 Å². The van der Waals surface area contributed by atoms with E-state index >= 15 is 0 Å². The molecule has 10 nitrogen and oxygen atoms in total. The fourth-order valence-electron chi connectivity index (χ4n) is 4.78. The molecule has 0 aliphatic rings. The minimum atomic E-state index is -1.08. The number of alkyl carbamates (subject to hydrolysis) is 1. The van der Waals surface area contributed by atoms with Gasteiger partial charge in [0.05, 0.1) is 19.1 Å². The summed E-state index contributed by atoms with van der Waals surface area (Å²) in [6.07, 6.45) is 1.59. The third-order valence-corrected chi connectivity index (χ3v) is 7.27. The molecule has 0 aliphatic heterocycles. The molecule has 3 aromatic rings. The molecule has 47 heavy (non-hydrogen) atoms. The van der Waals surface area contributed by atoms with Gasteiger partial charge in [0.25, 0.3) is 0 Å². The van der Waals surface area contributed by atoms with Crippen LogP contribution in [0.4, 0.5) is 4.79 Å². The zero-order valence-electron chi connectivity index (χ0n) is 26.5. The maximum absolute atomic E-state index is 13.4. The Bertz CT molecular complexity index is 1430. The predicted octanol–water partition coefficient (Wildman–Crippen LogP) is 4.86. The van der Waals surface area contributed by atoms with Gasteiger partial charge in [0.15, 0.2) is 0 Å². The van der Waals surface area contributed by atoms with Crippen molar-refractivity contribution in [2.24, 2.45) is 5.92 Å². The minimum absolute atomic E-state index is 0.0274. The highest BCUT2D eigenvalue weighted by atomic mass is 16.6. The smallest absolute Gasteiger partial charge is 0.408 e. The van der Waals surface area contributed by atoms with Crippen LogP contribution in [0.25, 0.3) is 0 Å². The van der Waals surface area contributed by atoms with Crippen LogP contribution in [0.15, 0.2) is 116 Å². The first kappa shape index (κ1) is 36.3. The Morgan fingerprint density at radius 2 is 1.43 bits per heavy atom. The van der Waals surface area contributed by atoms with Crippen LogP contribution in [-0.2, 0) is 37.0 Å². The number of hydrogen-bond acceptors (Lipinski definition) is 7. The van der Waals surface area contributed by atoms with Crippen LogP contribution >= 0.6 is 0 Å². The number of ether oxygens (including phenoxy) is 2. The number of carbonyl (C=O) groups excluding carboxylic acids is 4. The van der Waals surface area contributed by atoms with Crippen molar-refractivity contribution in [3.63, 3.8) is 0 Å². The average Bonchev–Trinajstić information content (AvgIpc) is 3.09. The van der Waals surface area contributed by atoms with Crippen molar-refractivity contribution in [2.75, 3.05) is 19.7 Å². The molecule has 0 unspecified atom stereocenters. The Hall–Kier alpha value is -5.22. The number of nitrogens with zero attached hydrogens (tertiary/aromatic N) is 1. The topological polar surface area (TPSA) is 134 Å². The lowest BCUT2D eigenvalue weighted by Crippen LogP contribution is -2.43. The SMILES string of the molecule is C=CC[C@@H](CC(=O)N(CCO)Cc1ccccc1)C(=O)NC[C@@H](OC(=O)[C@@H](CC=C)NC(=O)OCc1ccccc1)c1ccccc1. The van der Waals surface area contributed by atoms with Crippen molar-refractivity contribution in [3.8, 4) is 0 Å². The van der Waals surface area contributed by atoms with Crippen molar-refractivity contribution in [1.82, 2.24) is 15.5 Å². The van der Waals surface area contributed by atoms with Crippen LogP contribution in [0.2, 0.25) is 0 Å². The zero-order valence-corrected chi connectivity index (χ0v) is 26.5. The first-order valence-electron chi connectivity index (χ1n) is 15.5. The zero-order chi connectivity index (χ0) is 33.9. The first-order valence-corrected chi connectivity index (χ1v) is 15.5. The lowest BCUT2D eigenvalue weighted by atomic mass is 9.98. The largest absolute Gasteiger partial charge is 0.454 e. The average molecular weight is 642 g/mol. The number of benzene rings is 3. The van der Waals surface area contributed by atoms with Crippen LogP contribution in [0.1, 0.15) is 42.1 Å². The Labute approximate surface area is 276 Å².